The van der Waals surface area contributed by atoms with E-state index < -0.39 is 0 Å². The van der Waals surface area contributed by atoms with Gasteiger partial charge in [-0.1, -0.05) is 39.3 Å². The van der Waals surface area contributed by atoms with E-state index in [4.69, 9.17) is 16.3 Å². The molecule has 0 atom stereocenters. The predicted octanol–water partition coefficient (Wildman–Crippen LogP) is 4.86. The number of nitrogens with one attached hydrogen (secondary N) is 1. The summed E-state index contributed by atoms with van der Waals surface area (Å²) in [6, 6.07) is 11.4. The molecule has 10 heteroatoms. The van der Waals surface area contributed by atoms with Crippen molar-refractivity contribution in [2.75, 3.05) is 37.4 Å². The number of ether oxygens (including phenoxy) is 1. The maximum absolute atomic E-state index is 12.7. The number of rotatable bonds is 7. The third-order valence-electron chi connectivity index (χ3n) is 5.58. The number of carbonyl (C=O) groups excluding carboxylic acids is 1. The minimum atomic E-state index is -0.0924. The van der Waals surface area contributed by atoms with Gasteiger partial charge in [-0.2, -0.15) is 0 Å². The van der Waals surface area contributed by atoms with Crippen LogP contribution in [0, 0.1) is 13.8 Å². The molecular weight excluding hydrogens is 526 g/mol. The fourth-order valence-electron chi connectivity index (χ4n) is 3.54. The van der Waals surface area contributed by atoms with Crippen molar-refractivity contribution in [3.8, 4) is 5.69 Å². The van der Waals surface area contributed by atoms with Gasteiger partial charge >= 0.3 is 0 Å². The molecule has 1 aromatic heterocycles. The number of nitrogens with zero attached hydrogens (tertiary/aromatic N) is 4. The summed E-state index contributed by atoms with van der Waals surface area (Å²) in [6.45, 7) is 7.81. The van der Waals surface area contributed by atoms with Crippen molar-refractivity contribution in [2.45, 2.75) is 25.5 Å². The van der Waals surface area contributed by atoms with Gasteiger partial charge in [-0.25, -0.2) is 0 Å². The van der Waals surface area contributed by atoms with Crippen molar-refractivity contribution in [2.24, 2.45) is 0 Å². The Balaban J connectivity index is 1.51. The fourth-order valence-corrected chi connectivity index (χ4v) is 4.87. The molecule has 4 rings (SSSR count). The van der Waals surface area contributed by atoms with Crippen LogP contribution in [-0.2, 0) is 16.1 Å². The van der Waals surface area contributed by atoms with Gasteiger partial charge < -0.3 is 10.1 Å². The van der Waals surface area contributed by atoms with Crippen molar-refractivity contribution in [1.29, 1.82) is 0 Å². The van der Waals surface area contributed by atoms with Gasteiger partial charge in [0.15, 0.2) is 11.0 Å². The number of thioether (sulfide) groups is 1. The van der Waals surface area contributed by atoms with Crippen molar-refractivity contribution < 1.29 is 9.53 Å². The van der Waals surface area contributed by atoms with Gasteiger partial charge in [0.25, 0.3) is 0 Å². The van der Waals surface area contributed by atoms with Gasteiger partial charge in [-0.15, -0.1) is 10.2 Å². The number of hydrogen-bond acceptors (Lipinski definition) is 6. The van der Waals surface area contributed by atoms with Crippen molar-refractivity contribution in [1.82, 2.24) is 19.7 Å². The second kappa shape index (κ2) is 11.0. The Morgan fingerprint density at radius 1 is 1.12 bits per heavy atom. The first-order valence-corrected chi connectivity index (χ1v) is 12.8. The lowest BCUT2D eigenvalue weighted by Crippen LogP contribution is -2.36. The molecule has 1 aliphatic heterocycles. The number of anilines is 1. The van der Waals surface area contributed by atoms with Gasteiger partial charge in [0.1, 0.15) is 0 Å². The summed E-state index contributed by atoms with van der Waals surface area (Å²) in [5, 5.41) is 13.2. The zero-order valence-electron chi connectivity index (χ0n) is 18.5. The summed E-state index contributed by atoms with van der Waals surface area (Å²) in [4.78, 5) is 15.0. The lowest BCUT2D eigenvalue weighted by molar-refractivity contribution is -0.113. The van der Waals surface area contributed by atoms with Gasteiger partial charge in [-0.3, -0.25) is 14.3 Å². The smallest absolute Gasteiger partial charge is 0.234 e. The van der Waals surface area contributed by atoms with Crippen LogP contribution in [0.25, 0.3) is 5.69 Å². The molecular formula is C23H25BrClN5O2S. The van der Waals surface area contributed by atoms with Crippen LogP contribution < -0.4 is 5.32 Å². The van der Waals surface area contributed by atoms with Crippen LogP contribution >= 0.6 is 39.3 Å². The predicted molar refractivity (Wildman–Crippen MR) is 135 cm³/mol. The molecule has 1 N–H and O–H groups in total. The highest BCUT2D eigenvalue weighted by Gasteiger charge is 2.20. The van der Waals surface area contributed by atoms with Crippen molar-refractivity contribution in [3.63, 3.8) is 0 Å². The second-order valence-electron chi connectivity index (χ2n) is 7.78. The summed E-state index contributed by atoms with van der Waals surface area (Å²) < 4.78 is 8.48. The summed E-state index contributed by atoms with van der Waals surface area (Å²) in [5.74, 6) is 0.949. The highest BCUT2D eigenvalue weighted by molar-refractivity contribution is 9.10. The average Bonchev–Trinajstić information content (AvgIpc) is 3.21. The Labute approximate surface area is 211 Å². The van der Waals surface area contributed by atoms with Gasteiger partial charge in [-0.05, 0) is 61.4 Å². The normalized spacial score (nSPS) is 14.4. The molecule has 1 aliphatic rings. The highest BCUT2D eigenvalue weighted by Crippen LogP contribution is 2.27. The lowest BCUT2D eigenvalue weighted by atomic mass is 10.1. The number of hydrogen-bond donors (Lipinski definition) is 1. The lowest BCUT2D eigenvalue weighted by Gasteiger charge is -2.26. The van der Waals surface area contributed by atoms with Crippen molar-refractivity contribution >= 4 is 50.9 Å². The van der Waals surface area contributed by atoms with Crippen LogP contribution in [0.5, 0.6) is 0 Å². The van der Waals surface area contributed by atoms with Crippen LogP contribution in [0.3, 0.4) is 0 Å². The minimum Gasteiger partial charge on any atom is -0.379 e. The summed E-state index contributed by atoms with van der Waals surface area (Å²) in [6.07, 6.45) is 0. The number of halogens is 2. The Hall–Kier alpha value is -1.91. The third-order valence-corrected chi connectivity index (χ3v) is 7.62. The molecule has 7 nitrogen and oxygen atoms in total. The van der Waals surface area contributed by atoms with E-state index >= 15 is 0 Å². The first kappa shape index (κ1) is 24.2. The first-order valence-electron chi connectivity index (χ1n) is 10.6. The molecule has 1 saturated heterocycles. The van der Waals surface area contributed by atoms with E-state index in [1.165, 1.54) is 11.8 Å². The molecule has 0 saturated carbocycles. The van der Waals surface area contributed by atoms with Crippen LogP contribution in [0.2, 0.25) is 5.02 Å². The number of amides is 1. The minimum absolute atomic E-state index is 0.0924. The Bertz CT molecular complexity index is 1130. The molecule has 174 valence electrons. The molecule has 1 fully saturated rings. The highest BCUT2D eigenvalue weighted by atomic mass is 79.9. The Morgan fingerprint density at radius 3 is 2.58 bits per heavy atom. The standard InChI is InChI=1S/C23H25BrClN5O2S/c1-15-16(2)20(8-7-19(15)24)26-22(31)14-33-23-28-27-21(13-29-9-11-32-12-10-29)30(23)18-5-3-17(25)4-6-18/h3-8H,9-14H2,1-2H3,(H,26,31). The Morgan fingerprint density at radius 2 is 1.85 bits per heavy atom. The molecule has 0 aliphatic carbocycles. The topological polar surface area (TPSA) is 72.3 Å². The molecule has 33 heavy (non-hydrogen) atoms. The molecule has 1 amide bonds. The molecule has 0 unspecified atom stereocenters. The zero-order chi connectivity index (χ0) is 23.4. The van der Waals surface area contributed by atoms with Crippen LogP contribution in [0.1, 0.15) is 17.0 Å². The monoisotopic (exact) mass is 549 g/mol. The number of aromatic nitrogens is 3. The summed E-state index contributed by atoms with van der Waals surface area (Å²) >= 11 is 11.0. The molecule has 3 aromatic rings. The van der Waals surface area contributed by atoms with E-state index in [1.807, 2.05) is 54.8 Å². The third kappa shape index (κ3) is 5.96. The van der Waals surface area contributed by atoms with Gasteiger partial charge in [0, 0.05) is 34.0 Å². The summed E-state index contributed by atoms with van der Waals surface area (Å²) in [5.41, 5.74) is 3.87. The van der Waals surface area contributed by atoms with Crippen LogP contribution in [0.4, 0.5) is 5.69 Å². The van der Waals surface area contributed by atoms with Gasteiger partial charge in [0.2, 0.25) is 5.91 Å². The number of benzene rings is 2. The molecule has 2 heterocycles. The average molecular weight is 551 g/mol. The van der Waals surface area contributed by atoms with E-state index in [9.17, 15) is 4.79 Å². The van der Waals surface area contributed by atoms with E-state index in [1.54, 1.807) is 0 Å². The van der Waals surface area contributed by atoms with Gasteiger partial charge in [0.05, 0.1) is 25.5 Å². The van der Waals surface area contributed by atoms with E-state index in [0.717, 1.165) is 45.9 Å². The fraction of sp³-hybridized carbons (Fsp3) is 0.348. The van der Waals surface area contributed by atoms with E-state index in [2.05, 4.69) is 36.3 Å². The molecule has 0 radical (unpaired) electrons. The van der Waals surface area contributed by atoms with E-state index in [-0.39, 0.29) is 11.7 Å². The number of morpholine rings is 1. The largest absolute Gasteiger partial charge is 0.379 e. The maximum Gasteiger partial charge on any atom is 0.234 e. The number of carbonyl (C=O) groups is 1. The Kier molecular flexibility index (Phi) is 8.08. The van der Waals surface area contributed by atoms with E-state index in [0.29, 0.717) is 29.9 Å². The van der Waals surface area contributed by atoms with Crippen molar-refractivity contribution in [3.05, 3.63) is 62.8 Å². The first-order chi connectivity index (χ1) is 15.9. The van der Waals surface area contributed by atoms with Crippen LogP contribution in [0.15, 0.2) is 46.0 Å². The molecule has 2 aromatic carbocycles. The maximum atomic E-state index is 12.7. The summed E-state index contributed by atoms with van der Waals surface area (Å²) in [7, 11) is 0. The SMILES string of the molecule is Cc1c(Br)ccc(NC(=O)CSc2nnc(CN3CCOCC3)n2-c2ccc(Cl)cc2)c1C. The van der Waals surface area contributed by atoms with Crippen LogP contribution in [-0.4, -0.2) is 57.6 Å². The zero-order valence-corrected chi connectivity index (χ0v) is 21.6. The molecule has 0 spiro atoms. The quantitative estimate of drug-likeness (QED) is 0.424. The second-order valence-corrected chi connectivity index (χ2v) is 10.0. The molecule has 0 bridgehead atoms.